The number of nitrogens with one attached hydrogen (secondary N) is 1. The number of hydrogen-bond donors (Lipinski definition) is 1. The molecule has 1 nitrogen and oxygen atoms in total. The molecule has 0 saturated heterocycles. The van der Waals surface area contributed by atoms with Gasteiger partial charge in [0.15, 0.2) is 0 Å². The van der Waals surface area contributed by atoms with Gasteiger partial charge in [-0.15, -0.1) is 18.3 Å². The van der Waals surface area contributed by atoms with Crippen LogP contribution < -0.4 is 5.32 Å². The summed E-state index contributed by atoms with van der Waals surface area (Å²) in [4.78, 5) is 0.0501. The Morgan fingerprint density at radius 2 is 2.00 bits per heavy atom. The van der Waals surface area contributed by atoms with Crippen LogP contribution in [0.25, 0.3) is 0 Å². The van der Waals surface area contributed by atoms with Gasteiger partial charge in [-0.05, 0) is 18.4 Å². The summed E-state index contributed by atoms with van der Waals surface area (Å²) in [5.74, 6) is -1.08. The third-order valence-electron chi connectivity index (χ3n) is 1.65. The van der Waals surface area contributed by atoms with E-state index in [0.29, 0.717) is 12.2 Å². The van der Waals surface area contributed by atoms with Gasteiger partial charge in [0, 0.05) is 12.2 Å². The maximum Gasteiger partial charge on any atom is 0.141 e. The van der Waals surface area contributed by atoms with E-state index >= 15 is 0 Å². The Morgan fingerprint density at radius 3 is 2.43 bits per heavy atom. The Hall–Kier alpha value is -1.03. The van der Waals surface area contributed by atoms with Crippen molar-refractivity contribution >= 4 is 17.4 Å². The fourth-order valence-electron chi connectivity index (χ4n) is 1.05. The van der Waals surface area contributed by atoms with Gasteiger partial charge in [-0.3, -0.25) is 0 Å². The minimum Gasteiger partial charge on any atom is -0.381 e. The summed E-state index contributed by atoms with van der Waals surface area (Å²) in [5.41, 5.74) is 0.428. The molecule has 0 unspecified atom stereocenters. The van der Waals surface area contributed by atoms with Crippen molar-refractivity contribution in [2.75, 3.05) is 18.1 Å². The number of benzene rings is 1. The SMILES string of the molecule is C=CCNc1cc(F)c(SC)c(F)c1. The van der Waals surface area contributed by atoms with E-state index in [1.807, 2.05) is 0 Å². The smallest absolute Gasteiger partial charge is 0.141 e. The molecule has 1 aromatic rings. The summed E-state index contributed by atoms with van der Waals surface area (Å²) in [5, 5.41) is 2.82. The van der Waals surface area contributed by atoms with Crippen LogP contribution in [0.4, 0.5) is 14.5 Å². The molecule has 0 radical (unpaired) electrons. The minimum atomic E-state index is -0.538. The van der Waals surface area contributed by atoms with Crippen molar-refractivity contribution in [2.45, 2.75) is 4.90 Å². The summed E-state index contributed by atoms with van der Waals surface area (Å²) >= 11 is 1.06. The molecule has 0 aromatic heterocycles. The van der Waals surface area contributed by atoms with Crippen LogP contribution in [0, 0.1) is 11.6 Å². The van der Waals surface area contributed by atoms with Gasteiger partial charge < -0.3 is 5.32 Å². The fraction of sp³-hybridized carbons (Fsp3) is 0.200. The molecule has 0 atom stereocenters. The van der Waals surface area contributed by atoms with Crippen molar-refractivity contribution in [3.8, 4) is 0 Å². The van der Waals surface area contributed by atoms with Gasteiger partial charge in [0.1, 0.15) is 11.6 Å². The molecule has 0 aliphatic rings. The molecule has 0 fully saturated rings. The second-order valence-electron chi connectivity index (χ2n) is 2.64. The fourth-order valence-corrected chi connectivity index (χ4v) is 1.55. The zero-order valence-electron chi connectivity index (χ0n) is 7.81. The molecule has 0 heterocycles. The van der Waals surface area contributed by atoms with Gasteiger partial charge in [-0.25, -0.2) is 8.78 Å². The highest BCUT2D eigenvalue weighted by Crippen LogP contribution is 2.26. The van der Waals surface area contributed by atoms with Crippen molar-refractivity contribution in [1.29, 1.82) is 0 Å². The van der Waals surface area contributed by atoms with Crippen molar-refractivity contribution in [2.24, 2.45) is 0 Å². The largest absolute Gasteiger partial charge is 0.381 e. The van der Waals surface area contributed by atoms with Crippen LogP contribution in [0.3, 0.4) is 0 Å². The lowest BCUT2D eigenvalue weighted by molar-refractivity contribution is 0.542. The monoisotopic (exact) mass is 215 g/mol. The highest BCUT2D eigenvalue weighted by molar-refractivity contribution is 7.98. The van der Waals surface area contributed by atoms with Crippen LogP contribution in [-0.2, 0) is 0 Å². The first kappa shape index (κ1) is 11.0. The van der Waals surface area contributed by atoms with E-state index in [9.17, 15) is 8.78 Å². The van der Waals surface area contributed by atoms with Gasteiger partial charge in [-0.2, -0.15) is 0 Å². The minimum absolute atomic E-state index is 0.0501. The lowest BCUT2D eigenvalue weighted by Crippen LogP contribution is -1.99. The van der Waals surface area contributed by atoms with E-state index < -0.39 is 11.6 Å². The van der Waals surface area contributed by atoms with E-state index in [4.69, 9.17) is 0 Å². The van der Waals surface area contributed by atoms with Crippen molar-refractivity contribution in [3.05, 3.63) is 36.4 Å². The molecule has 0 aliphatic carbocycles. The quantitative estimate of drug-likeness (QED) is 0.611. The second-order valence-corrected chi connectivity index (χ2v) is 3.46. The maximum absolute atomic E-state index is 13.2. The first-order valence-corrected chi connectivity index (χ1v) is 5.29. The number of halogens is 2. The van der Waals surface area contributed by atoms with Crippen molar-refractivity contribution in [1.82, 2.24) is 0 Å². The van der Waals surface area contributed by atoms with Crippen LogP contribution in [0.1, 0.15) is 0 Å². The van der Waals surface area contributed by atoms with Gasteiger partial charge >= 0.3 is 0 Å². The topological polar surface area (TPSA) is 12.0 Å². The second kappa shape index (κ2) is 5.00. The molecular formula is C10H11F2NS. The average Bonchev–Trinajstić information content (AvgIpc) is 2.14. The van der Waals surface area contributed by atoms with Gasteiger partial charge in [0.05, 0.1) is 4.90 Å². The molecule has 0 bridgehead atoms. The number of thioether (sulfide) groups is 1. The number of hydrogen-bond acceptors (Lipinski definition) is 2. The molecule has 0 amide bonds. The molecule has 0 saturated carbocycles. The standard InChI is InChI=1S/C10H11F2NS/c1-3-4-13-7-5-8(11)10(14-2)9(12)6-7/h3,5-6,13H,1,4H2,2H3. The highest BCUT2D eigenvalue weighted by Gasteiger charge is 2.09. The Kier molecular flexibility index (Phi) is 3.95. The maximum atomic E-state index is 13.2. The summed E-state index contributed by atoms with van der Waals surface area (Å²) in [6, 6.07) is 2.55. The highest BCUT2D eigenvalue weighted by atomic mass is 32.2. The first-order valence-electron chi connectivity index (χ1n) is 4.07. The third kappa shape index (κ3) is 2.48. The Morgan fingerprint density at radius 1 is 1.43 bits per heavy atom. The van der Waals surface area contributed by atoms with Gasteiger partial charge in [0.25, 0.3) is 0 Å². The Labute approximate surface area is 86.2 Å². The first-order chi connectivity index (χ1) is 6.69. The molecule has 0 aliphatic heterocycles. The van der Waals surface area contributed by atoms with Crippen LogP contribution in [0.15, 0.2) is 29.7 Å². The van der Waals surface area contributed by atoms with Gasteiger partial charge in [-0.1, -0.05) is 6.08 Å². The molecule has 76 valence electrons. The Balaban J connectivity index is 2.95. The van der Waals surface area contributed by atoms with E-state index in [0.717, 1.165) is 11.8 Å². The molecule has 1 N–H and O–H groups in total. The van der Waals surface area contributed by atoms with Crippen molar-refractivity contribution in [3.63, 3.8) is 0 Å². The zero-order valence-corrected chi connectivity index (χ0v) is 8.63. The lowest BCUT2D eigenvalue weighted by atomic mass is 10.3. The molecule has 0 spiro atoms. The normalized spacial score (nSPS) is 9.93. The Bertz CT molecular complexity index is 316. The lowest BCUT2D eigenvalue weighted by Gasteiger charge is -2.06. The van der Waals surface area contributed by atoms with Crippen molar-refractivity contribution < 1.29 is 8.78 Å². The van der Waals surface area contributed by atoms with Crippen LogP contribution in [0.5, 0.6) is 0 Å². The molecular weight excluding hydrogens is 204 g/mol. The van der Waals surface area contributed by atoms with Crippen LogP contribution in [0.2, 0.25) is 0 Å². The molecule has 4 heteroatoms. The average molecular weight is 215 g/mol. The van der Waals surface area contributed by atoms with E-state index in [1.54, 1.807) is 12.3 Å². The number of anilines is 1. The summed E-state index contributed by atoms with van der Waals surface area (Å²) in [7, 11) is 0. The molecule has 1 rings (SSSR count). The number of rotatable bonds is 4. The molecule has 1 aromatic carbocycles. The summed E-state index contributed by atoms with van der Waals surface area (Å²) < 4.78 is 26.4. The van der Waals surface area contributed by atoms with E-state index in [1.165, 1.54) is 12.1 Å². The summed E-state index contributed by atoms with van der Waals surface area (Å²) in [6.45, 7) is 3.98. The van der Waals surface area contributed by atoms with E-state index in [-0.39, 0.29) is 4.90 Å². The van der Waals surface area contributed by atoms with Gasteiger partial charge in [0.2, 0.25) is 0 Å². The van der Waals surface area contributed by atoms with Crippen LogP contribution in [-0.4, -0.2) is 12.8 Å². The molecule has 14 heavy (non-hydrogen) atoms. The third-order valence-corrected chi connectivity index (χ3v) is 2.45. The van der Waals surface area contributed by atoms with Crippen LogP contribution >= 0.6 is 11.8 Å². The summed E-state index contributed by atoms with van der Waals surface area (Å²) in [6.07, 6.45) is 3.26. The zero-order chi connectivity index (χ0) is 10.6. The predicted molar refractivity (Wildman–Crippen MR) is 56.8 cm³/mol. The predicted octanol–water partition coefficient (Wildman–Crippen LogP) is 3.28. The van der Waals surface area contributed by atoms with E-state index in [2.05, 4.69) is 11.9 Å².